The predicted molar refractivity (Wildman–Crippen MR) is 199 cm³/mol. The van der Waals surface area contributed by atoms with Crippen LogP contribution in [0, 0.1) is 22.9 Å². The quantitative estimate of drug-likeness (QED) is 0.0270. The summed E-state index contributed by atoms with van der Waals surface area (Å²) >= 11 is 7.44. The first-order valence-corrected chi connectivity index (χ1v) is 18.4. The Balaban J connectivity index is 0.000000940. The number of nitrogens with one attached hydrogen (secondary N) is 3. The van der Waals surface area contributed by atoms with Crippen LogP contribution in [-0.2, 0) is 27.2 Å². The molecule has 0 saturated heterocycles. The number of amides is 1. The lowest BCUT2D eigenvalue weighted by Gasteiger charge is -2.36. The van der Waals surface area contributed by atoms with Gasteiger partial charge in [0.2, 0.25) is 0 Å². The van der Waals surface area contributed by atoms with E-state index in [0.717, 1.165) is 53.7 Å². The first kappa shape index (κ1) is 44.3. The van der Waals surface area contributed by atoms with E-state index in [1.54, 1.807) is 25.3 Å². The van der Waals surface area contributed by atoms with Gasteiger partial charge in [0.1, 0.15) is 29.2 Å². The maximum absolute atomic E-state index is 15.5. The number of methoxy groups -OCH3 is 1. The van der Waals surface area contributed by atoms with Crippen LogP contribution in [0.5, 0.6) is 5.75 Å². The van der Waals surface area contributed by atoms with Crippen molar-refractivity contribution in [2.45, 2.75) is 67.6 Å². The van der Waals surface area contributed by atoms with Crippen LogP contribution in [0.3, 0.4) is 0 Å². The highest BCUT2D eigenvalue weighted by Gasteiger charge is 2.40. The Hall–Kier alpha value is -5.43. The lowest BCUT2D eigenvalue weighted by molar-refractivity contribution is -0.192. The number of hydrogen-bond acceptors (Lipinski definition) is 7. The second kappa shape index (κ2) is 18.7. The Morgan fingerprint density at radius 2 is 1.72 bits per heavy atom. The molecule has 0 spiro atoms. The van der Waals surface area contributed by atoms with E-state index >= 15 is 8.78 Å². The highest BCUT2D eigenvalue weighted by molar-refractivity contribution is 7.98. The van der Waals surface area contributed by atoms with Gasteiger partial charge in [-0.15, -0.1) is 0 Å². The number of carbonyl (C=O) groups excluding carboxylic acids is 1. The molecule has 57 heavy (non-hydrogen) atoms. The third-order valence-corrected chi connectivity index (χ3v) is 10.3. The summed E-state index contributed by atoms with van der Waals surface area (Å²) in [7, 11) is 1.54. The van der Waals surface area contributed by atoms with Crippen molar-refractivity contribution in [3.8, 4) is 11.4 Å². The molecule has 0 bridgehead atoms. The molecule has 1 aromatic heterocycles. The third kappa shape index (κ3) is 10.9. The number of carbonyl (C=O) groups is 3. The number of alkyl halides is 3. The molecule has 0 aliphatic heterocycles. The number of ether oxygens (including phenoxy) is 1. The van der Waals surface area contributed by atoms with Crippen LogP contribution in [0.4, 0.5) is 26.3 Å². The molecule has 3 aromatic carbocycles. The van der Waals surface area contributed by atoms with Crippen molar-refractivity contribution < 1.29 is 55.7 Å². The first-order valence-electron chi connectivity index (χ1n) is 17.0. The SMILES string of the molecule is COc1cc(C2(C)CCCc3nc(SCc4c(F)cc(C(=O)N[C@@H](CCCNC(=N)N)C(=O)O)cc4F)n(-c4ccc(F)cc4)c32)ccc1Cl.O=C(O)C(F)(F)F. The summed E-state index contributed by atoms with van der Waals surface area (Å²) in [4.78, 5) is 38.3. The van der Waals surface area contributed by atoms with Gasteiger partial charge in [0.15, 0.2) is 11.1 Å². The van der Waals surface area contributed by atoms with Crippen molar-refractivity contribution in [1.29, 1.82) is 5.41 Å². The molecule has 0 radical (unpaired) electrons. The summed E-state index contributed by atoms with van der Waals surface area (Å²) in [5.41, 5.74) is 7.19. The number of guanidine groups is 1. The van der Waals surface area contributed by atoms with Gasteiger partial charge in [0.25, 0.3) is 5.91 Å². The smallest absolute Gasteiger partial charge is 0.490 e. The maximum atomic E-state index is 15.5. The third-order valence-electron chi connectivity index (χ3n) is 8.98. The van der Waals surface area contributed by atoms with Gasteiger partial charge in [-0.2, -0.15) is 13.2 Å². The number of benzene rings is 3. The molecule has 1 unspecified atom stereocenters. The zero-order valence-corrected chi connectivity index (χ0v) is 31.8. The van der Waals surface area contributed by atoms with Crippen molar-refractivity contribution in [2.24, 2.45) is 5.73 Å². The highest BCUT2D eigenvalue weighted by Crippen LogP contribution is 2.47. The number of nitrogens with zero attached hydrogens (tertiary/aromatic N) is 2. The molecule has 5 rings (SSSR count). The van der Waals surface area contributed by atoms with Crippen LogP contribution in [0.25, 0.3) is 5.69 Å². The van der Waals surface area contributed by atoms with E-state index in [9.17, 15) is 32.3 Å². The van der Waals surface area contributed by atoms with Crippen molar-refractivity contribution in [3.63, 3.8) is 0 Å². The number of halogens is 7. The molecular formula is C37H37ClF6N6O6S. The van der Waals surface area contributed by atoms with Crippen LogP contribution in [0.2, 0.25) is 5.02 Å². The Morgan fingerprint density at radius 3 is 2.28 bits per heavy atom. The number of carboxylic acids is 2. The Bertz CT molecular complexity index is 2110. The van der Waals surface area contributed by atoms with Gasteiger partial charge < -0.3 is 31.3 Å². The summed E-state index contributed by atoms with van der Waals surface area (Å²) in [5, 5.41) is 29.6. The summed E-state index contributed by atoms with van der Waals surface area (Å²) in [5.74, 6) is -7.37. The van der Waals surface area contributed by atoms with Crippen LogP contribution in [0.15, 0.2) is 59.8 Å². The van der Waals surface area contributed by atoms with E-state index in [1.807, 2.05) is 16.7 Å². The lowest BCUT2D eigenvalue weighted by Crippen LogP contribution is -2.41. The number of fused-ring (bicyclic) bond motifs is 1. The second-order valence-electron chi connectivity index (χ2n) is 12.9. The number of aromatic nitrogens is 2. The molecule has 306 valence electrons. The monoisotopic (exact) mass is 842 g/mol. The lowest BCUT2D eigenvalue weighted by atomic mass is 9.71. The standard InChI is InChI=1S/C35H36ClF3N6O4S.C2HF3O2/c1-35(20-7-12-24(36)29(17-20)49-2)13-3-5-27-30(35)45(22-10-8-21(37)9-11-22)34(44-27)50-18-23-25(38)15-19(16-26(23)39)31(46)43-28(32(47)48)6-4-14-42-33(40)41;3-2(4,5)1(6)7/h7-12,15-17,28H,3-6,13-14,18H2,1-2H3,(H,43,46)(H,47,48)(H4,40,41,42);(H,6,7)/t28-,35?;/m0./s1. The molecule has 20 heteroatoms. The highest BCUT2D eigenvalue weighted by atomic mass is 35.5. The van der Waals surface area contributed by atoms with Gasteiger partial charge in [-0.3, -0.25) is 14.8 Å². The fraction of sp³-hybridized carbons (Fsp3) is 0.324. The number of hydrogen-bond donors (Lipinski definition) is 6. The van der Waals surface area contributed by atoms with E-state index in [1.165, 1.54) is 12.1 Å². The fourth-order valence-electron chi connectivity index (χ4n) is 6.16. The summed E-state index contributed by atoms with van der Waals surface area (Å²) in [6.45, 7) is 2.30. The molecule has 12 nitrogen and oxygen atoms in total. The van der Waals surface area contributed by atoms with Gasteiger partial charge >= 0.3 is 18.1 Å². The van der Waals surface area contributed by atoms with Crippen molar-refractivity contribution in [1.82, 2.24) is 20.2 Å². The molecule has 2 atom stereocenters. The number of thioether (sulfide) groups is 1. The Kier molecular flexibility index (Phi) is 14.5. The molecule has 7 N–H and O–H groups in total. The Morgan fingerprint density at radius 1 is 1.09 bits per heavy atom. The van der Waals surface area contributed by atoms with E-state index in [0.29, 0.717) is 28.0 Å². The van der Waals surface area contributed by atoms with Crippen LogP contribution in [-0.4, -0.2) is 69.4 Å². The number of aryl methyl sites for hydroxylation is 1. The zero-order valence-electron chi connectivity index (χ0n) is 30.3. The van der Waals surface area contributed by atoms with Gasteiger partial charge in [-0.05, 0) is 93.1 Å². The minimum atomic E-state index is -5.08. The molecule has 0 saturated carbocycles. The number of aliphatic carboxylic acids is 2. The number of carboxylic acid groups (broad SMARTS) is 2. The molecule has 1 amide bonds. The maximum Gasteiger partial charge on any atom is 0.490 e. The Labute approximate surface area is 331 Å². The van der Waals surface area contributed by atoms with Gasteiger partial charge in [-0.1, -0.05) is 29.4 Å². The molecule has 1 aliphatic carbocycles. The summed E-state index contributed by atoms with van der Waals surface area (Å²) in [6.07, 6.45) is -2.58. The van der Waals surface area contributed by atoms with Crippen LogP contribution >= 0.6 is 23.4 Å². The minimum absolute atomic E-state index is 0.00364. The predicted octanol–water partition coefficient (Wildman–Crippen LogP) is 6.97. The van der Waals surface area contributed by atoms with Crippen LogP contribution < -0.4 is 21.1 Å². The van der Waals surface area contributed by atoms with Crippen molar-refractivity contribution >= 4 is 47.2 Å². The molecule has 0 fully saturated rings. The van der Waals surface area contributed by atoms with Gasteiger partial charge in [-0.25, -0.2) is 27.7 Å². The van der Waals surface area contributed by atoms with Crippen molar-refractivity contribution in [3.05, 3.63) is 105 Å². The van der Waals surface area contributed by atoms with Gasteiger partial charge in [0.05, 0.1) is 23.5 Å². The van der Waals surface area contributed by atoms with Gasteiger partial charge in [0, 0.05) is 34.5 Å². The van der Waals surface area contributed by atoms with E-state index < -0.39 is 52.9 Å². The molecule has 1 aliphatic rings. The van der Waals surface area contributed by atoms with E-state index in [-0.39, 0.29) is 42.2 Å². The number of imidazole rings is 1. The normalized spacial score (nSPS) is 15.4. The van der Waals surface area contributed by atoms with E-state index in [4.69, 9.17) is 42.4 Å². The molecule has 1 heterocycles. The van der Waals surface area contributed by atoms with E-state index in [2.05, 4.69) is 17.6 Å². The average Bonchev–Trinajstić information content (AvgIpc) is 3.52. The largest absolute Gasteiger partial charge is 0.495 e. The zero-order chi connectivity index (χ0) is 42.2. The fourth-order valence-corrected chi connectivity index (χ4v) is 7.40. The topological polar surface area (TPSA) is 193 Å². The molecule has 4 aromatic rings. The van der Waals surface area contributed by atoms with Crippen molar-refractivity contribution in [2.75, 3.05) is 13.7 Å². The molecular weight excluding hydrogens is 806 g/mol. The minimum Gasteiger partial charge on any atom is -0.495 e. The average molecular weight is 843 g/mol. The summed E-state index contributed by atoms with van der Waals surface area (Å²) in [6, 6.07) is 11.9. The number of rotatable bonds is 13. The number of nitrogens with two attached hydrogens (primary N) is 1. The van der Waals surface area contributed by atoms with Crippen LogP contribution in [0.1, 0.15) is 65.5 Å². The first-order chi connectivity index (χ1) is 26.8. The summed E-state index contributed by atoms with van der Waals surface area (Å²) < 4.78 is 84.1. The second-order valence-corrected chi connectivity index (χ2v) is 14.2.